The Morgan fingerprint density at radius 3 is 2.11 bits per heavy atom. The van der Waals surface area contributed by atoms with E-state index in [9.17, 15) is 19.2 Å². The number of hydrogen-bond acceptors (Lipinski definition) is 4. The Morgan fingerprint density at radius 1 is 1.04 bits per heavy atom. The number of rotatable bonds is 5. The average Bonchev–Trinajstić information content (AvgIpc) is 2.91. The number of nitrogens with zero attached hydrogens (tertiary/aromatic N) is 2. The number of amides is 4. The third-order valence-electron chi connectivity index (χ3n) is 4.98. The molecule has 1 aliphatic heterocycles. The van der Waals surface area contributed by atoms with Crippen LogP contribution < -0.4 is 5.32 Å². The molecule has 0 saturated carbocycles. The molecule has 1 fully saturated rings. The summed E-state index contributed by atoms with van der Waals surface area (Å²) in [6, 6.07) is 6.59. The average molecular weight is 369 g/mol. The molecule has 0 aromatic heterocycles. The fraction of sp³-hybridized carbons (Fsp3) is 0.400. The van der Waals surface area contributed by atoms with Gasteiger partial charge in [0.2, 0.25) is 17.7 Å². The molecule has 2 atom stereocenters. The van der Waals surface area contributed by atoms with Gasteiger partial charge in [-0.05, 0) is 37.1 Å². The van der Waals surface area contributed by atoms with Crippen molar-refractivity contribution in [3.05, 3.63) is 42.0 Å². The number of carbonyl (C=O) groups is 4. The molecule has 0 unspecified atom stereocenters. The molecule has 27 heavy (non-hydrogen) atoms. The monoisotopic (exact) mass is 369 g/mol. The molecule has 1 saturated heterocycles. The van der Waals surface area contributed by atoms with Crippen molar-refractivity contribution < 1.29 is 19.2 Å². The Balaban J connectivity index is 1.53. The number of anilines is 1. The minimum atomic E-state index is -0.282. The second-order valence-corrected chi connectivity index (χ2v) is 7.06. The van der Waals surface area contributed by atoms with E-state index in [1.807, 2.05) is 12.2 Å². The highest BCUT2D eigenvalue weighted by molar-refractivity contribution is 6.06. The molecule has 0 bridgehead atoms. The van der Waals surface area contributed by atoms with Gasteiger partial charge in [-0.2, -0.15) is 0 Å². The molecule has 4 amide bonds. The zero-order valence-corrected chi connectivity index (χ0v) is 15.5. The molecule has 1 aromatic rings. The maximum absolute atomic E-state index is 12.4. The molecule has 142 valence electrons. The maximum atomic E-state index is 12.4. The van der Waals surface area contributed by atoms with Gasteiger partial charge < -0.3 is 10.2 Å². The fourth-order valence-corrected chi connectivity index (χ4v) is 3.48. The van der Waals surface area contributed by atoms with Gasteiger partial charge in [0.25, 0.3) is 5.91 Å². The molecule has 1 aliphatic carbocycles. The van der Waals surface area contributed by atoms with Crippen LogP contribution in [0.1, 0.15) is 29.6 Å². The Labute approximate surface area is 158 Å². The van der Waals surface area contributed by atoms with E-state index in [0.29, 0.717) is 24.1 Å². The van der Waals surface area contributed by atoms with Gasteiger partial charge in [-0.25, -0.2) is 0 Å². The van der Waals surface area contributed by atoms with Gasteiger partial charge in [0.15, 0.2) is 0 Å². The summed E-state index contributed by atoms with van der Waals surface area (Å²) >= 11 is 0. The minimum Gasteiger partial charge on any atom is -0.345 e. The Hall–Kier alpha value is -2.96. The van der Waals surface area contributed by atoms with Crippen LogP contribution in [0.15, 0.2) is 36.4 Å². The number of benzene rings is 1. The molecule has 3 rings (SSSR count). The van der Waals surface area contributed by atoms with Crippen LogP contribution in [0.2, 0.25) is 0 Å². The topological polar surface area (TPSA) is 86.8 Å². The molecule has 1 aromatic carbocycles. The van der Waals surface area contributed by atoms with Crippen LogP contribution in [0.3, 0.4) is 0 Å². The third kappa shape index (κ3) is 3.92. The lowest BCUT2D eigenvalue weighted by atomic mass is 9.85. The predicted molar refractivity (Wildman–Crippen MR) is 99.8 cm³/mol. The van der Waals surface area contributed by atoms with Crippen LogP contribution in [0, 0.1) is 11.8 Å². The van der Waals surface area contributed by atoms with Crippen molar-refractivity contribution >= 4 is 29.3 Å². The molecule has 2 aliphatic rings. The summed E-state index contributed by atoms with van der Waals surface area (Å²) < 4.78 is 0. The summed E-state index contributed by atoms with van der Waals surface area (Å²) in [5.74, 6) is -1.28. The summed E-state index contributed by atoms with van der Waals surface area (Å²) in [7, 11) is 3.34. The number of hydrogen-bond donors (Lipinski definition) is 1. The van der Waals surface area contributed by atoms with E-state index in [-0.39, 0.29) is 48.4 Å². The second-order valence-electron chi connectivity index (χ2n) is 7.06. The summed E-state index contributed by atoms with van der Waals surface area (Å²) in [4.78, 5) is 51.5. The Bertz CT molecular complexity index is 772. The summed E-state index contributed by atoms with van der Waals surface area (Å²) in [6.45, 7) is 0.0910. The highest BCUT2D eigenvalue weighted by Crippen LogP contribution is 2.35. The zero-order chi connectivity index (χ0) is 19.6. The van der Waals surface area contributed by atoms with E-state index in [0.717, 1.165) is 0 Å². The molecule has 7 nitrogen and oxygen atoms in total. The maximum Gasteiger partial charge on any atom is 0.253 e. The number of nitrogens with one attached hydrogen (secondary N) is 1. The Kier molecular flexibility index (Phi) is 5.39. The van der Waals surface area contributed by atoms with Crippen LogP contribution in [-0.2, 0) is 14.4 Å². The van der Waals surface area contributed by atoms with Crippen LogP contribution >= 0.6 is 0 Å². The van der Waals surface area contributed by atoms with Crippen LogP contribution in [0.25, 0.3) is 0 Å². The van der Waals surface area contributed by atoms with Crippen molar-refractivity contribution in [1.82, 2.24) is 9.80 Å². The van der Waals surface area contributed by atoms with E-state index in [1.165, 1.54) is 9.80 Å². The first kappa shape index (κ1) is 18.8. The van der Waals surface area contributed by atoms with Gasteiger partial charge in [0, 0.05) is 38.3 Å². The molecule has 7 heteroatoms. The first-order chi connectivity index (χ1) is 12.9. The van der Waals surface area contributed by atoms with Crippen LogP contribution in [0.4, 0.5) is 5.69 Å². The molecule has 0 spiro atoms. The fourth-order valence-electron chi connectivity index (χ4n) is 3.48. The van der Waals surface area contributed by atoms with E-state index in [2.05, 4.69) is 5.32 Å². The summed E-state index contributed by atoms with van der Waals surface area (Å²) in [5, 5.41) is 2.73. The number of allylic oxidation sites excluding steroid dienone is 2. The van der Waals surface area contributed by atoms with Crippen LogP contribution in [0.5, 0.6) is 0 Å². The molecular weight excluding hydrogens is 346 g/mol. The van der Waals surface area contributed by atoms with Crippen molar-refractivity contribution in [3.63, 3.8) is 0 Å². The number of likely N-dealkylation sites (tertiary alicyclic amines) is 1. The second kappa shape index (κ2) is 7.73. The minimum absolute atomic E-state index is 0.0444. The van der Waals surface area contributed by atoms with E-state index in [4.69, 9.17) is 0 Å². The molecule has 0 radical (unpaired) electrons. The number of fused-ring (bicyclic) bond motifs is 1. The van der Waals surface area contributed by atoms with Crippen molar-refractivity contribution in [2.75, 3.05) is 26.0 Å². The van der Waals surface area contributed by atoms with Gasteiger partial charge in [0.05, 0.1) is 11.8 Å². The summed E-state index contributed by atoms with van der Waals surface area (Å²) in [5.41, 5.74) is 1.09. The van der Waals surface area contributed by atoms with Gasteiger partial charge in [-0.15, -0.1) is 0 Å². The van der Waals surface area contributed by atoms with Gasteiger partial charge in [-0.3, -0.25) is 24.1 Å². The lowest BCUT2D eigenvalue weighted by Gasteiger charge is -2.14. The first-order valence-corrected chi connectivity index (χ1v) is 9.00. The van der Waals surface area contributed by atoms with E-state index in [1.54, 1.807) is 38.4 Å². The Morgan fingerprint density at radius 2 is 1.59 bits per heavy atom. The summed E-state index contributed by atoms with van der Waals surface area (Å²) in [6.07, 6.45) is 5.11. The van der Waals surface area contributed by atoms with Gasteiger partial charge in [-0.1, -0.05) is 12.2 Å². The van der Waals surface area contributed by atoms with E-state index < -0.39 is 0 Å². The normalized spacial score (nSPS) is 21.2. The van der Waals surface area contributed by atoms with Crippen molar-refractivity contribution in [3.8, 4) is 0 Å². The lowest BCUT2D eigenvalue weighted by molar-refractivity contribution is -0.140. The predicted octanol–water partition coefficient (Wildman–Crippen LogP) is 1.67. The smallest absolute Gasteiger partial charge is 0.253 e. The quantitative estimate of drug-likeness (QED) is 0.632. The van der Waals surface area contributed by atoms with Gasteiger partial charge in [0.1, 0.15) is 0 Å². The van der Waals surface area contributed by atoms with Crippen molar-refractivity contribution in [2.45, 2.75) is 19.3 Å². The largest absolute Gasteiger partial charge is 0.345 e. The van der Waals surface area contributed by atoms with Crippen molar-refractivity contribution in [1.29, 1.82) is 0 Å². The van der Waals surface area contributed by atoms with Crippen LogP contribution in [-0.4, -0.2) is 54.1 Å². The third-order valence-corrected chi connectivity index (χ3v) is 4.98. The highest BCUT2D eigenvalue weighted by Gasteiger charge is 2.46. The standard InChI is InChI=1S/C20H23N3O4/c1-22(2)18(25)13-7-9-14(10-8-13)21-17(24)11-12-23-19(26)15-5-3-4-6-16(15)20(23)27/h3-4,7-10,15-16H,5-6,11-12H2,1-2H3,(H,21,24)/t15-,16+. The zero-order valence-electron chi connectivity index (χ0n) is 15.5. The molecule has 1 heterocycles. The first-order valence-electron chi connectivity index (χ1n) is 9.00. The molecule has 1 N–H and O–H groups in total. The SMILES string of the molecule is CN(C)C(=O)c1ccc(NC(=O)CCN2C(=O)[C@H]3CC=CC[C@H]3C2=O)cc1. The number of imide groups is 1. The molecular formula is C20H23N3O4. The number of carbonyl (C=O) groups excluding carboxylic acids is 4. The van der Waals surface area contributed by atoms with Gasteiger partial charge >= 0.3 is 0 Å². The van der Waals surface area contributed by atoms with E-state index >= 15 is 0 Å². The highest BCUT2D eigenvalue weighted by atomic mass is 16.2. The lowest BCUT2D eigenvalue weighted by Crippen LogP contribution is -2.34. The van der Waals surface area contributed by atoms with Crippen molar-refractivity contribution in [2.24, 2.45) is 11.8 Å².